The molecule has 1 aliphatic heterocycles. The predicted molar refractivity (Wildman–Crippen MR) is 74.6 cm³/mol. The van der Waals surface area contributed by atoms with E-state index in [2.05, 4.69) is 24.0 Å². The molecule has 1 aromatic heterocycles. The number of nitrogens with zero attached hydrogens (tertiary/aromatic N) is 3. The van der Waals surface area contributed by atoms with E-state index >= 15 is 0 Å². The summed E-state index contributed by atoms with van der Waals surface area (Å²) in [5.74, 6) is -0.756. The van der Waals surface area contributed by atoms with Crippen LogP contribution >= 0.6 is 0 Å². The van der Waals surface area contributed by atoms with Gasteiger partial charge in [-0.25, -0.2) is 14.2 Å². The summed E-state index contributed by atoms with van der Waals surface area (Å²) in [6.07, 6.45) is 3.07. The van der Waals surface area contributed by atoms with Gasteiger partial charge in [0.2, 0.25) is 0 Å². The van der Waals surface area contributed by atoms with Gasteiger partial charge in [0, 0.05) is 19.6 Å². The number of anilines is 1. The van der Waals surface area contributed by atoms with E-state index in [4.69, 9.17) is 5.11 Å². The number of hydrogen-bond acceptors (Lipinski definition) is 4. The molecule has 0 aromatic carbocycles. The minimum Gasteiger partial charge on any atom is -0.478 e. The molecule has 0 radical (unpaired) electrons. The van der Waals surface area contributed by atoms with E-state index in [0.29, 0.717) is 11.7 Å². The largest absolute Gasteiger partial charge is 0.478 e. The van der Waals surface area contributed by atoms with Crippen molar-refractivity contribution in [1.29, 1.82) is 0 Å². The van der Waals surface area contributed by atoms with E-state index in [-0.39, 0.29) is 5.56 Å². The van der Waals surface area contributed by atoms with E-state index in [0.717, 1.165) is 44.7 Å². The molecular weight excluding hydrogens is 261 g/mol. The minimum absolute atomic E-state index is 0.0592. The summed E-state index contributed by atoms with van der Waals surface area (Å²) in [4.78, 5) is 19.3. The van der Waals surface area contributed by atoms with E-state index in [1.165, 1.54) is 0 Å². The number of carbonyl (C=O) groups is 1. The quantitative estimate of drug-likeness (QED) is 0.910. The van der Waals surface area contributed by atoms with Crippen molar-refractivity contribution in [1.82, 2.24) is 9.88 Å². The van der Waals surface area contributed by atoms with E-state index in [1.54, 1.807) is 0 Å². The average molecular weight is 281 g/mol. The summed E-state index contributed by atoms with van der Waals surface area (Å²) < 4.78 is 13.1. The van der Waals surface area contributed by atoms with Gasteiger partial charge in [0.15, 0.2) is 0 Å². The molecule has 110 valence electrons. The number of rotatable bonds is 4. The van der Waals surface area contributed by atoms with Crippen LogP contribution in [-0.2, 0) is 0 Å². The van der Waals surface area contributed by atoms with Crippen LogP contribution < -0.4 is 4.90 Å². The maximum atomic E-state index is 13.1. The van der Waals surface area contributed by atoms with Crippen molar-refractivity contribution < 1.29 is 14.3 Å². The highest BCUT2D eigenvalue weighted by Gasteiger charge is 2.24. The number of carboxylic acids is 1. The standard InChI is InChI=1S/C14H20FN3O2/c1-17(2)9-10-3-5-18(6-4-10)13-12(14(19)20)7-11(15)8-16-13/h7-8,10H,3-6,9H2,1-2H3,(H,19,20). The zero-order chi connectivity index (χ0) is 14.7. The molecular formula is C14H20FN3O2. The molecule has 0 aliphatic carbocycles. The topological polar surface area (TPSA) is 56.7 Å². The van der Waals surface area contributed by atoms with Gasteiger partial charge in [-0.3, -0.25) is 0 Å². The maximum Gasteiger partial charge on any atom is 0.339 e. The molecule has 5 nitrogen and oxygen atoms in total. The first-order valence-corrected chi connectivity index (χ1v) is 6.76. The normalized spacial score (nSPS) is 16.7. The van der Waals surface area contributed by atoms with Crippen LogP contribution in [-0.4, -0.2) is 54.7 Å². The van der Waals surface area contributed by atoms with Crippen LogP contribution in [0.25, 0.3) is 0 Å². The third-order valence-electron chi connectivity index (χ3n) is 3.60. The van der Waals surface area contributed by atoms with Gasteiger partial charge in [0.25, 0.3) is 0 Å². The molecule has 2 heterocycles. The van der Waals surface area contributed by atoms with Gasteiger partial charge in [-0.15, -0.1) is 0 Å². The third-order valence-corrected chi connectivity index (χ3v) is 3.60. The fraction of sp³-hybridized carbons (Fsp3) is 0.571. The second-order valence-corrected chi connectivity index (χ2v) is 5.52. The van der Waals surface area contributed by atoms with Gasteiger partial charge >= 0.3 is 5.97 Å². The Morgan fingerprint density at radius 1 is 1.50 bits per heavy atom. The van der Waals surface area contributed by atoms with Crippen molar-refractivity contribution in [3.63, 3.8) is 0 Å². The lowest BCUT2D eigenvalue weighted by Gasteiger charge is -2.34. The molecule has 1 saturated heterocycles. The molecule has 20 heavy (non-hydrogen) atoms. The molecule has 6 heteroatoms. The third kappa shape index (κ3) is 3.45. The number of aromatic carboxylic acids is 1. The summed E-state index contributed by atoms with van der Waals surface area (Å²) in [6.45, 7) is 2.56. The SMILES string of the molecule is CN(C)CC1CCN(c2ncc(F)cc2C(=O)O)CC1. The number of pyridine rings is 1. The van der Waals surface area contributed by atoms with E-state index in [1.807, 2.05) is 4.90 Å². The summed E-state index contributed by atoms with van der Waals surface area (Å²) in [7, 11) is 4.10. The Bertz CT molecular complexity index is 485. The lowest BCUT2D eigenvalue weighted by atomic mass is 9.96. The smallest absolute Gasteiger partial charge is 0.339 e. The monoisotopic (exact) mass is 281 g/mol. The van der Waals surface area contributed by atoms with Crippen LogP contribution in [0.4, 0.5) is 10.2 Å². The molecule has 0 saturated carbocycles. The Labute approximate surface area is 118 Å². The molecule has 0 unspecified atom stereocenters. The number of piperidine rings is 1. The molecule has 1 N–H and O–H groups in total. The molecule has 2 rings (SSSR count). The lowest BCUT2D eigenvalue weighted by Crippen LogP contribution is -2.38. The minimum atomic E-state index is -1.14. The zero-order valence-corrected chi connectivity index (χ0v) is 11.8. The van der Waals surface area contributed by atoms with Crippen LogP contribution in [0.2, 0.25) is 0 Å². The first kappa shape index (κ1) is 14.7. The molecule has 0 atom stereocenters. The lowest BCUT2D eigenvalue weighted by molar-refractivity contribution is 0.0696. The van der Waals surface area contributed by atoms with Crippen molar-refractivity contribution in [2.24, 2.45) is 5.92 Å². The Balaban J connectivity index is 2.09. The number of hydrogen-bond donors (Lipinski definition) is 1. The molecule has 0 bridgehead atoms. The molecule has 0 amide bonds. The predicted octanol–water partition coefficient (Wildman–Crippen LogP) is 1.70. The first-order chi connectivity index (χ1) is 9.47. The summed E-state index contributed by atoms with van der Waals surface area (Å²) in [5.41, 5.74) is -0.0592. The molecule has 0 spiro atoms. The maximum absolute atomic E-state index is 13.1. The Morgan fingerprint density at radius 3 is 2.70 bits per heavy atom. The van der Waals surface area contributed by atoms with Gasteiger partial charge in [-0.05, 0) is 38.9 Å². The van der Waals surface area contributed by atoms with Gasteiger partial charge in [0.1, 0.15) is 17.2 Å². The fourth-order valence-electron chi connectivity index (χ4n) is 2.69. The van der Waals surface area contributed by atoms with E-state index < -0.39 is 11.8 Å². The van der Waals surface area contributed by atoms with Crippen LogP contribution in [0.15, 0.2) is 12.3 Å². The van der Waals surface area contributed by atoms with Crippen LogP contribution in [0, 0.1) is 11.7 Å². The first-order valence-electron chi connectivity index (χ1n) is 6.76. The Kier molecular flexibility index (Phi) is 4.54. The van der Waals surface area contributed by atoms with Gasteiger partial charge in [-0.2, -0.15) is 0 Å². The van der Waals surface area contributed by atoms with Crippen LogP contribution in [0.3, 0.4) is 0 Å². The van der Waals surface area contributed by atoms with Crippen LogP contribution in [0.1, 0.15) is 23.2 Å². The molecule has 1 fully saturated rings. The van der Waals surface area contributed by atoms with Gasteiger partial charge in [-0.1, -0.05) is 0 Å². The highest BCUT2D eigenvalue weighted by Crippen LogP contribution is 2.25. The summed E-state index contributed by atoms with van der Waals surface area (Å²) >= 11 is 0. The Hall–Kier alpha value is -1.69. The summed E-state index contributed by atoms with van der Waals surface area (Å²) in [5, 5.41) is 9.15. The van der Waals surface area contributed by atoms with Gasteiger partial charge in [0.05, 0.1) is 6.20 Å². The van der Waals surface area contributed by atoms with Crippen molar-refractivity contribution in [2.75, 3.05) is 38.6 Å². The second kappa shape index (κ2) is 6.17. The van der Waals surface area contributed by atoms with Crippen molar-refractivity contribution in [2.45, 2.75) is 12.8 Å². The molecule has 1 aliphatic rings. The number of aromatic nitrogens is 1. The van der Waals surface area contributed by atoms with Gasteiger partial charge < -0.3 is 14.9 Å². The molecule has 1 aromatic rings. The van der Waals surface area contributed by atoms with Crippen molar-refractivity contribution in [3.05, 3.63) is 23.6 Å². The second-order valence-electron chi connectivity index (χ2n) is 5.52. The van der Waals surface area contributed by atoms with E-state index in [9.17, 15) is 9.18 Å². The van der Waals surface area contributed by atoms with Crippen LogP contribution in [0.5, 0.6) is 0 Å². The highest BCUT2D eigenvalue weighted by atomic mass is 19.1. The Morgan fingerprint density at radius 2 is 2.15 bits per heavy atom. The number of carboxylic acid groups (broad SMARTS) is 1. The average Bonchev–Trinajstić information content (AvgIpc) is 2.39. The fourth-order valence-corrected chi connectivity index (χ4v) is 2.69. The van der Waals surface area contributed by atoms with Crippen molar-refractivity contribution in [3.8, 4) is 0 Å². The summed E-state index contributed by atoms with van der Waals surface area (Å²) in [6, 6.07) is 1.04. The number of halogens is 1. The highest BCUT2D eigenvalue weighted by molar-refractivity contribution is 5.93. The zero-order valence-electron chi connectivity index (χ0n) is 11.8. The van der Waals surface area contributed by atoms with Crippen molar-refractivity contribution >= 4 is 11.8 Å².